The van der Waals surface area contributed by atoms with E-state index in [0.29, 0.717) is 17.7 Å². The van der Waals surface area contributed by atoms with E-state index >= 15 is 0 Å². The SMILES string of the molecule is COC(=O)c1ccc([C@H](C)NC(=O)c2cccc3ccn(Cc4ccccc4OC)c23)cc1. The number of carbonyl (C=O) groups is 2. The second-order valence-electron chi connectivity index (χ2n) is 7.81. The molecule has 6 heteroatoms. The van der Waals surface area contributed by atoms with Crippen LogP contribution in [0.3, 0.4) is 0 Å². The topological polar surface area (TPSA) is 69.6 Å². The van der Waals surface area contributed by atoms with E-state index in [1.807, 2.05) is 73.8 Å². The Kier molecular flexibility index (Phi) is 6.45. The van der Waals surface area contributed by atoms with Crippen molar-refractivity contribution in [3.05, 3.63) is 101 Å². The zero-order chi connectivity index (χ0) is 23.4. The van der Waals surface area contributed by atoms with Gasteiger partial charge in [0.05, 0.1) is 43.4 Å². The third-order valence-corrected chi connectivity index (χ3v) is 5.75. The van der Waals surface area contributed by atoms with Gasteiger partial charge in [0.2, 0.25) is 0 Å². The molecule has 1 heterocycles. The molecule has 6 nitrogen and oxygen atoms in total. The first-order chi connectivity index (χ1) is 16.0. The van der Waals surface area contributed by atoms with Gasteiger partial charge in [-0.1, -0.05) is 42.5 Å². The van der Waals surface area contributed by atoms with Crippen molar-refractivity contribution in [3.63, 3.8) is 0 Å². The molecule has 0 fully saturated rings. The molecular formula is C27H26N2O4. The number of nitrogens with zero attached hydrogens (tertiary/aromatic N) is 1. The lowest BCUT2D eigenvalue weighted by Gasteiger charge is -2.16. The van der Waals surface area contributed by atoms with Crippen LogP contribution in [0.5, 0.6) is 5.75 Å². The fraction of sp³-hybridized carbons (Fsp3) is 0.185. The van der Waals surface area contributed by atoms with Crippen molar-refractivity contribution in [2.75, 3.05) is 14.2 Å². The maximum atomic E-state index is 13.3. The van der Waals surface area contributed by atoms with Crippen LogP contribution in [0, 0.1) is 0 Å². The molecule has 0 spiro atoms. The number of hydrogen-bond donors (Lipinski definition) is 1. The summed E-state index contributed by atoms with van der Waals surface area (Å²) in [6.45, 7) is 2.50. The molecule has 3 aromatic carbocycles. The number of benzene rings is 3. The molecule has 1 N–H and O–H groups in total. The molecule has 168 valence electrons. The Hall–Kier alpha value is -4.06. The predicted molar refractivity (Wildman–Crippen MR) is 128 cm³/mol. The van der Waals surface area contributed by atoms with Gasteiger partial charge in [-0.05, 0) is 42.8 Å². The minimum absolute atomic E-state index is 0.162. The van der Waals surface area contributed by atoms with Crippen molar-refractivity contribution in [1.29, 1.82) is 0 Å². The summed E-state index contributed by atoms with van der Waals surface area (Å²) in [5.74, 6) is 0.260. The normalized spacial score (nSPS) is 11.7. The third kappa shape index (κ3) is 4.60. The van der Waals surface area contributed by atoms with Crippen molar-refractivity contribution >= 4 is 22.8 Å². The second-order valence-corrected chi connectivity index (χ2v) is 7.81. The Balaban J connectivity index is 1.59. The summed E-state index contributed by atoms with van der Waals surface area (Å²) in [4.78, 5) is 24.9. The molecule has 1 atom stereocenters. The van der Waals surface area contributed by atoms with Gasteiger partial charge in [0, 0.05) is 17.1 Å². The molecule has 0 radical (unpaired) electrons. The van der Waals surface area contributed by atoms with Crippen molar-refractivity contribution < 1.29 is 19.1 Å². The molecule has 0 aliphatic carbocycles. The van der Waals surface area contributed by atoms with Crippen LogP contribution >= 0.6 is 0 Å². The van der Waals surface area contributed by atoms with Crippen LogP contribution in [0.4, 0.5) is 0 Å². The highest BCUT2D eigenvalue weighted by molar-refractivity contribution is 6.06. The number of esters is 1. The van der Waals surface area contributed by atoms with Gasteiger partial charge in [0.1, 0.15) is 5.75 Å². The van der Waals surface area contributed by atoms with Crippen LogP contribution in [-0.4, -0.2) is 30.7 Å². The number of ether oxygens (including phenoxy) is 2. The Labute approximate surface area is 192 Å². The zero-order valence-corrected chi connectivity index (χ0v) is 18.9. The number of methoxy groups -OCH3 is 2. The van der Waals surface area contributed by atoms with Crippen LogP contribution in [-0.2, 0) is 11.3 Å². The number of fused-ring (bicyclic) bond motifs is 1. The van der Waals surface area contributed by atoms with E-state index in [-0.39, 0.29) is 17.9 Å². The molecule has 0 saturated heterocycles. The lowest BCUT2D eigenvalue weighted by atomic mass is 10.0. The highest BCUT2D eigenvalue weighted by Gasteiger charge is 2.17. The third-order valence-electron chi connectivity index (χ3n) is 5.75. The molecule has 0 bridgehead atoms. The number of carbonyl (C=O) groups excluding carboxylic acids is 2. The zero-order valence-electron chi connectivity index (χ0n) is 18.9. The average molecular weight is 443 g/mol. The number of rotatable bonds is 7. The van der Waals surface area contributed by atoms with E-state index in [9.17, 15) is 9.59 Å². The van der Waals surface area contributed by atoms with Crippen molar-refractivity contribution in [2.45, 2.75) is 19.5 Å². The lowest BCUT2D eigenvalue weighted by Crippen LogP contribution is -2.27. The minimum Gasteiger partial charge on any atom is -0.496 e. The average Bonchev–Trinajstić information content (AvgIpc) is 3.26. The van der Waals surface area contributed by atoms with Gasteiger partial charge in [0.25, 0.3) is 5.91 Å². The summed E-state index contributed by atoms with van der Waals surface area (Å²) in [6.07, 6.45) is 1.99. The first-order valence-corrected chi connectivity index (χ1v) is 10.7. The molecule has 33 heavy (non-hydrogen) atoms. The molecule has 4 aromatic rings. The number of para-hydroxylation sites is 2. The number of aromatic nitrogens is 1. The first-order valence-electron chi connectivity index (χ1n) is 10.7. The number of nitrogens with one attached hydrogen (secondary N) is 1. The molecule has 0 aliphatic rings. The van der Waals surface area contributed by atoms with Gasteiger partial charge < -0.3 is 19.4 Å². The number of amides is 1. The second kappa shape index (κ2) is 9.61. The summed E-state index contributed by atoms with van der Waals surface area (Å²) < 4.78 is 12.3. The maximum Gasteiger partial charge on any atom is 0.337 e. The first kappa shape index (κ1) is 22.1. The van der Waals surface area contributed by atoms with Crippen LogP contribution in [0.1, 0.15) is 44.8 Å². The van der Waals surface area contributed by atoms with Gasteiger partial charge in [-0.3, -0.25) is 4.79 Å². The summed E-state index contributed by atoms with van der Waals surface area (Å²) in [5, 5.41) is 4.07. The molecule has 0 unspecified atom stereocenters. The summed E-state index contributed by atoms with van der Waals surface area (Å²) in [7, 11) is 3.01. The molecule has 0 saturated carbocycles. The quantitative estimate of drug-likeness (QED) is 0.410. The van der Waals surface area contributed by atoms with E-state index in [1.165, 1.54) is 7.11 Å². The fourth-order valence-electron chi connectivity index (χ4n) is 3.98. The van der Waals surface area contributed by atoms with Gasteiger partial charge in [-0.15, -0.1) is 0 Å². The Morgan fingerprint density at radius 1 is 0.939 bits per heavy atom. The van der Waals surface area contributed by atoms with Gasteiger partial charge >= 0.3 is 5.97 Å². The van der Waals surface area contributed by atoms with Crippen LogP contribution in [0.2, 0.25) is 0 Å². The van der Waals surface area contributed by atoms with Gasteiger partial charge in [0.15, 0.2) is 0 Å². The van der Waals surface area contributed by atoms with Crippen molar-refractivity contribution in [2.24, 2.45) is 0 Å². The largest absolute Gasteiger partial charge is 0.496 e. The van der Waals surface area contributed by atoms with E-state index < -0.39 is 0 Å². The van der Waals surface area contributed by atoms with Crippen LogP contribution < -0.4 is 10.1 Å². The summed E-state index contributed by atoms with van der Waals surface area (Å²) >= 11 is 0. The highest BCUT2D eigenvalue weighted by atomic mass is 16.5. The number of hydrogen-bond acceptors (Lipinski definition) is 4. The molecule has 0 aliphatic heterocycles. The standard InChI is InChI=1S/C27H26N2O4/c1-18(19-11-13-21(14-12-19)27(31)33-3)28-26(30)23-9-6-8-20-15-16-29(25(20)23)17-22-7-4-5-10-24(22)32-2/h4-16,18H,17H2,1-3H3,(H,28,30)/t18-/m0/s1. The lowest BCUT2D eigenvalue weighted by molar-refractivity contribution is 0.0600. The molecule has 1 aromatic heterocycles. The van der Waals surface area contributed by atoms with Crippen molar-refractivity contribution in [1.82, 2.24) is 9.88 Å². The predicted octanol–water partition coefficient (Wildman–Crippen LogP) is 4.98. The summed E-state index contributed by atoms with van der Waals surface area (Å²) in [6, 6.07) is 22.4. The fourth-order valence-corrected chi connectivity index (χ4v) is 3.98. The highest BCUT2D eigenvalue weighted by Crippen LogP contribution is 2.25. The van der Waals surface area contributed by atoms with E-state index in [4.69, 9.17) is 9.47 Å². The van der Waals surface area contributed by atoms with Gasteiger partial charge in [-0.25, -0.2) is 4.79 Å². The Morgan fingerprint density at radius 3 is 2.42 bits per heavy atom. The van der Waals surface area contributed by atoms with E-state index in [1.54, 1.807) is 19.2 Å². The molecular weight excluding hydrogens is 416 g/mol. The van der Waals surface area contributed by atoms with Gasteiger partial charge in [-0.2, -0.15) is 0 Å². The minimum atomic E-state index is -0.388. The van der Waals surface area contributed by atoms with E-state index in [2.05, 4.69) is 9.88 Å². The smallest absolute Gasteiger partial charge is 0.337 e. The van der Waals surface area contributed by atoms with Crippen LogP contribution in [0.15, 0.2) is 79.0 Å². The van der Waals surface area contributed by atoms with Crippen LogP contribution in [0.25, 0.3) is 10.9 Å². The molecule has 4 rings (SSSR count). The van der Waals surface area contributed by atoms with Crippen molar-refractivity contribution in [3.8, 4) is 5.75 Å². The Bertz CT molecular complexity index is 1290. The monoisotopic (exact) mass is 442 g/mol. The molecule has 1 amide bonds. The Morgan fingerprint density at radius 2 is 1.70 bits per heavy atom. The van der Waals surface area contributed by atoms with E-state index in [0.717, 1.165) is 27.8 Å². The summed E-state index contributed by atoms with van der Waals surface area (Å²) in [5.41, 5.74) is 3.87. The maximum absolute atomic E-state index is 13.3.